The number of hydrogen-bond donors (Lipinski definition) is 0. The Labute approximate surface area is 320 Å². The number of nitrogens with zero attached hydrogens (tertiary/aromatic N) is 1. The van der Waals surface area contributed by atoms with Gasteiger partial charge in [0.2, 0.25) is 0 Å². The quantitative estimate of drug-likeness (QED) is 0.177. The van der Waals surface area contributed by atoms with Crippen molar-refractivity contribution < 1.29 is 4.42 Å². The lowest BCUT2D eigenvalue weighted by Crippen LogP contribution is -2.17. The third-order valence-corrected chi connectivity index (χ3v) is 11.8. The number of hydrogen-bond acceptors (Lipinski definition) is 2. The molecule has 9 aromatic carbocycles. The first-order valence-electron chi connectivity index (χ1n) is 19.1. The van der Waals surface area contributed by atoms with Crippen molar-refractivity contribution in [1.29, 1.82) is 0 Å². The second-order valence-electron chi connectivity index (χ2n) is 15.4. The van der Waals surface area contributed by atoms with E-state index in [-0.39, 0.29) is 5.41 Å². The minimum atomic E-state index is -0.139. The Morgan fingerprint density at radius 2 is 0.964 bits per heavy atom. The number of anilines is 3. The van der Waals surface area contributed by atoms with Gasteiger partial charge in [0.1, 0.15) is 11.2 Å². The molecule has 10 aromatic rings. The molecule has 2 heteroatoms. The molecule has 11 rings (SSSR count). The molecule has 0 radical (unpaired) electrons. The first-order chi connectivity index (χ1) is 27.0. The van der Waals surface area contributed by atoms with E-state index in [2.05, 4.69) is 201 Å². The minimum Gasteiger partial charge on any atom is -0.456 e. The maximum Gasteiger partial charge on any atom is 0.135 e. The fraction of sp³-hybridized carbons (Fsp3) is 0.0566. The van der Waals surface area contributed by atoms with Crippen molar-refractivity contribution in [3.63, 3.8) is 0 Å². The summed E-state index contributed by atoms with van der Waals surface area (Å²) >= 11 is 0. The Morgan fingerprint density at radius 1 is 0.382 bits per heavy atom. The summed E-state index contributed by atoms with van der Waals surface area (Å²) in [6.07, 6.45) is 0. The van der Waals surface area contributed by atoms with Crippen molar-refractivity contribution in [3.05, 3.63) is 199 Å². The predicted octanol–water partition coefficient (Wildman–Crippen LogP) is 15.0. The summed E-state index contributed by atoms with van der Waals surface area (Å²) in [5.74, 6) is 0. The van der Waals surface area contributed by atoms with Crippen LogP contribution in [0, 0.1) is 0 Å². The first kappa shape index (κ1) is 31.6. The lowest BCUT2D eigenvalue weighted by molar-refractivity contribution is 0.660. The fourth-order valence-corrected chi connectivity index (χ4v) is 8.98. The lowest BCUT2D eigenvalue weighted by atomic mass is 9.82. The Hall–Kier alpha value is -6.90. The molecule has 0 spiro atoms. The van der Waals surface area contributed by atoms with Gasteiger partial charge >= 0.3 is 0 Å². The molecular weight excluding hydrogens is 667 g/mol. The molecule has 1 aliphatic rings. The van der Waals surface area contributed by atoms with Crippen LogP contribution < -0.4 is 4.90 Å². The fourth-order valence-electron chi connectivity index (χ4n) is 8.98. The largest absolute Gasteiger partial charge is 0.456 e. The van der Waals surface area contributed by atoms with Gasteiger partial charge in [-0.1, -0.05) is 141 Å². The van der Waals surface area contributed by atoms with Gasteiger partial charge < -0.3 is 9.32 Å². The molecule has 1 aromatic heterocycles. The van der Waals surface area contributed by atoms with Crippen molar-refractivity contribution in [2.75, 3.05) is 4.90 Å². The van der Waals surface area contributed by atoms with Crippen LogP contribution in [0.3, 0.4) is 0 Å². The summed E-state index contributed by atoms with van der Waals surface area (Å²) in [6, 6.07) is 68.8. The van der Waals surface area contributed by atoms with E-state index in [4.69, 9.17) is 4.42 Å². The smallest absolute Gasteiger partial charge is 0.135 e. The summed E-state index contributed by atoms with van der Waals surface area (Å²) in [5, 5.41) is 7.15. The summed E-state index contributed by atoms with van der Waals surface area (Å²) in [7, 11) is 0. The summed E-state index contributed by atoms with van der Waals surface area (Å²) in [6.45, 7) is 4.71. The standard InChI is InChI=1S/C53H37NO/c1-53(2)48-17-9-7-15-43(48)44-26-24-42(33-49(44)53)54(41-25-28-52-47(32-41)45-16-8-10-18-51(45)55-52)50-27-23-39(38-21-19-34-11-3-5-13-36(34)29-38)31-46(50)40-22-20-35-12-4-6-14-37(35)30-40/h3-33H,1-2H3. The van der Waals surface area contributed by atoms with E-state index in [1.54, 1.807) is 0 Å². The summed E-state index contributed by atoms with van der Waals surface area (Å²) < 4.78 is 6.33. The van der Waals surface area contributed by atoms with Gasteiger partial charge in [-0.3, -0.25) is 0 Å². The highest BCUT2D eigenvalue weighted by Crippen LogP contribution is 2.52. The van der Waals surface area contributed by atoms with Gasteiger partial charge in [-0.25, -0.2) is 0 Å². The maximum atomic E-state index is 6.33. The molecule has 0 unspecified atom stereocenters. The average molecular weight is 704 g/mol. The number of rotatable bonds is 5. The van der Waals surface area contributed by atoms with E-state index >= 15 is 0 Å². The van der Waals surface area contributed by atoms with Crippen LogP contribution in [0.1, 0.15) is 25.0 Å². The number of para-hydroxylation sites is 1. The topological polar surface area (TPSA) is 16.4 Å². The Balaban J connectivity index is 1.18. The van der Waals surface area contributed by atoms with Gasteiger partial charge in [0, 0.05) is 33.1 Å². The van der Waals surface area contributed by atoms with E-state index < -0.39 is 0 Å². The highest BCUT2D eigenvalue weighted by atomic mass is 16.3. The van der Waals surface area contributed by atoms with E-state index in [0.717, 1.165) is 44.6 Å². The van der Waals surface area contributed by atoms with Crippen LogP contribution >= 0.6 is 0 Å². The van der Waals surface area contributed by atoms with Gasteiger partial charge in [0.15, 0.2) is 0 Å². The normalized spacial score (nSPS) is 13.1. The van der Waals surface area contributed by atoms with E-state index in [9.17, 15) is 0 Å². The average Bonchev–Trinajstić information content (AvgIpc) is 3.72. The van der Waals surface area contributed by atoms with Crippen LogP contribution in [0.25, 0.3) is 76.9 Å². The first-order valence-corrected chi connectivity index (χ1v) is 19.1. The Kier molecular flexibility index (Phi) is 6.93. The number of fused-ring (bicyclic) bond motifs is 8. The minimum absolute atomic E-state index is 0.139. The Bertz CT molecular complexity index is 3150. The van der Waals surface area contributed by atoms with Crippen molar-refractivity contribution in [2.45, 2.75) is 19.3 Å². The zero-order chi connectivity index (χ0) is 36.7. The highest BCUT2D eigenvalue weighted by molar-refractivity contribution is 6.07. The molecular formula is C53H37NO. The molecule has 0 atom stereocenters. The third-order valence-electron chi connectivity index (χ3n) is 11.8. The van der Waals surface area contributed by atoms with Crippen LogP contribution in [-0.2, 0) is 5.41 Å². The van der Waals surface area contributed by atoms with Crippen molar-refractivity contribution >= 4 is 60.5 Å². The maximum absolute atomic E-state index is 6.33. The molecule has 0 saturated heterocycles. The van der Waals surface area contributed by atoms with Gasteiger partial charge in [0.25, 0.3) is 0 Å². The van der Waals surface area contributed by atoms with Crippen LogP contribution in [0.5, 0.6) is 0 Å². The van der Waals surface area contributed by atoms with E-state index in [1.165, 1.54) is 60.5 Å². The Morgan fingerprint density at radius 3 is 1.78 bits per heavy atom. The molecule has 1 heterocycles. The number of furan rings is 1. The van der Waals surface area contributed by atoms with Gasteiger partial charge in [-0.2, -0.15) is 0 Å². The second-order valence-corrected chi connectivity index (χ2v) is 15.4. The molecule has 0 N–H and O–H groups in total. The van der Waals surface area contributed by atoms with Gasteiger partial charge in [-0.05, 0) is 121 Å². The monoisotopic (exact) mass is 703 g/mol. The van der Waals surface area contributed by atoms with Crippen LogP contribution in [0.2, 0.25) is 0 Å². The molecule has 0 saturated carbocycles. The molecule has 0 fully saturated rings. The van der Waals surface area contributed by atoms with Crippen LogP contribution in [-0.4, -0.2) is 0 Å². The van der Waals surface area contributed by atoms with Crippen LogP contribution in [0.4, 0.5) is 17.1 Å². The van der Waals surface area contributed by atoms with Crippen molar-refractivity contribution in [2.24, 2.45) is 0 Å². The van der Waals surface area contributed by atoms with Crippen molar-refractivity contribution in [1.82, 2.24) is 0 Å². The molecule has 0 amide bonds. The van der Waals surface area contributed by atoms with Crippen LogP contribution in [0.15, 0.2) is 192 Å². The molecule has 0 bridgehead atoms. The summed E-state index contributed by atoms with van der Waals surface area (Å²) in [4.78, 5) is 2.45. The lowest BCUT2D eigenvalue weighted by Gasteiger charge is -2.30. The van der Waals surface area contributed by atoms with Crippen molar-refractivity contribution in [3.8, 4) is 33.4 Å². The third kappa shape index (κ3) is 5.02. The van der Waals surface area contributed by atoms with Gasteiger partial charge in [0.05, 0.1) is 5.69 Å². The second kappa shape index (κ2) is 12.1. The molecule has 2 nitrogen and oxygen atoms in total. The zero-order valence-electron chi connectivity index (χ0n) is 30.8. The molecule has 1 aliphatic carbocycles. The predicted molar refractivity (Wildman–Crippen MR) is 232 cm³/mol. The number of benzene rings is 9. The van der Waals surface area contributed by atoms with E-state index in [0.29, 0.717) is 0 Å². The molecule has 260 valence electrons. The van der Waals surface area contributed by atoms with Gasteiger partial charge in [-0.15, -0.1) is 0 Å². The van der Waals surface area contributed by atoms with E-state index in [1.807, 2.05) is 6.07 Å². The SMILES string of the molecule is CC1(C)c2ccccc2-c2ccc(N(c3ccc4oc5ccccc5c4c3)c3ccc(-c4ccc5ccccc5c4)cc3-c3ccc4ccccc4c3)cc21. The molecule has 0 aliphatic heterocycles. The molecule has 55 heavy (non-hydrogen) atoms. The summed E-state index contributed by atoms with van der Waals surface area (Å²) in [5.41, 5.74) is 15.0. The highest BCUT2D eigenvalue weighted by Gasteiger charge is 2.36. The zero-order valence-corrected chi connectivity index (χ0v) is 30.8.